The first-order valence-corrected chi connectivity index (χ1v) is 12.4. The van der Waals surface area contributed by atoms with Gasteiger partial charge in [-0.05, 0) is 42.0 Å². The Balaban J connectivity index is 1.49. The maximum Gasteiger partial charge on any atom is 0.244 e. The molecule has 1 unspecified atom stereocenters. The number of amides is 2. The molecule has 35 heavy (non-hydrogen) atoms. The number of ether oxygens (including phenoxy) is 3. The maximum atomic E-state index is 13.7. The number of hydrogen-bond donors (Lipinski definition) is 1. The summed E-state index contributed by atoms with van der Waals surface area (Å²) in [5.74, 6) is 0.429. The highest BCUT2D eigenvalue weighted by molar-refractivity contribution is 7.92. The molecule has 9 nitrogen and oxygen atoms in total. The molecule has 0 aromatic heterocycles. The van der Waals surface area contributed by atoms with Crippen LogP contribution in [0.3, 0.4) is 0 Å². The van der Waals surface area contributed by atoms with Gasteiger partial charge in [-0.2, -0.15) is 0 Å². The number of hydrogen-bond acceptors (Lipinski definition) is 7. The second-order valence-electron chi connectivity index (χ2n) is 8.05. The van der Waals surface area contributed by atoms with Crippen molar-refractivity contribution >= 4 is 33.0 Å². The highest BCUT2D eigenvalue weighted by atomic mass is 32.2. The van der Waals surface area contributed by atoms with E-state index in [9.17, 15) is 18.0 Å². The number of carbonyl (C=O) groups excluding carboxylic acids is 2. The van der Waals surface area contributed by atoms with Crippen LogP contribution in [0.15, 0.2) is 71.6 Å². The van der Waals surface area contributed by atoms with E-state index in [1.54, 1.807) is 54.6 Å². The third-order valence-corrected chi connectivity index (χ3v) is 8.10. The normalized spacial score (nSPS) is 17.9. The molecule has 0 radical (unpaired) electrons. The van der Waals surface area contributed by atoms with E-state index in [1.165, 1.54) is 24.1 Å². The van der Waals surface area contributed by atoms with E-state index >= 15 is 0 Å². The molecule has 0 fully saturated rings. The summed E-state index contributed by atoms with van der Waals surface area (Å²) >= 11 is 0. The third-order valence-electron chi connectivity index (χ3n) is 5.95. The molecule has 0 spiro atoms. The van der Waals surface area contributed by atoms with Crippen molar-refractivity contribution in [1.82, 2.24) is 0 Å². The first kappa shape index (κ1) is 22.7. The summed E-state index contributed by atoms with van der Waals surface area (Å²) in [5, 5.41) is 1.59. The van der Waals surface area contributed by atoms with E-state index in [4.69, 9.17) is 14.2 Å². The van der Waals surface area contributed by atoms with Crippen LogP contribution in [0.4, 0.5) is 11.4 Å². The van der Waals surface area contributed by atoms with Crippen molar-refractivity contribution in [2.45, 2.75) is 16.6 Å². The fourth-order valence-electron chi connectivity index (χ4n) is 4.25. The quantitative estimate of drug-likeness (QED) is 0.579. The third kappa shape index (κ3) is 4.17. The first-order valence-electron chi connectivity index (χ1n) is 10.8. The fraction of sp³-hybridized carbons (Fsp3) is 0.200. The molecule has 1 N–H and O–H groups in total. The van der Waals surface area contributed by atoms with Gasteiger partial charge in [0.05, 0.1) is 28.6 Å². The zero-order valence-corrected chi connectivity index (χ0v) is 19.6. The number of nitrogens with one attached hydrogen (secondary N) is 1. The van der Waals surface area contributed by atoms with Gasteiger partial charge in [-0.3, -0.25) is 9.59 Å². The standard InChI is InChI=1S/C25H22N2O7S/c1-32-19-8-4-2-6-17(19)26-24(28)14-27-18-7-3-5-9-22(18)35(30,31)23(13-25(27)29)16-10-11-20-21(12-16)34-15-33-20/h2-12,23H,13-15H2,1H3,(H,26,28). The van der Waals surface area contributed by atoms with E-state index in [1.807, 2.05) is 0 Å². The van der Waals surface area contributed by atoms with Gasteiger partial charge in [0.1, 0.15) is 12.3 Å². The molecule has 0 aliphatic carbocycles. The van der Waals surface area contributed by atoms with Gasteiger partial charge in [-0.15, -0.1) is 0 Å². The SMILES string of the molecule is COc1ccccc1NC(=O)CN1C(=O)CC(c2ccc3c(c2)OCO3)S(=O)(=O)c2ccccc21. The summed E-state index contributed by atoms with van der Waals surface area (Å²) in [4.78, 5) is 27.5. The molecule has 1 atom stereocenters. The summed E-state index contributed by atoms with van der Waals surface area (Å²) in [6, 6.07) is 17.9. The summed E-state index contributed by atoms with van der Waals surface area (Å²) in [5.41, 5.74) is 1.02. The molecule has 3 aromatic carbocycles. The number of anilines is 2. The molecule has 5 rings (SSSR count). The highest BCUT2D eigenvalue weighted by Gasteiger charge is 2.40. The number of fused-ring (bicyclic) bond motifs is 2. The molecule has 180 valence electrons. The summed E-state index contributed by atoms with van der Waals surface area (Å²) in [7, 11) is -2.48. The average Bonchev–Trinajstić information content (AvgIpc) is 3.31. The maximum absolute atomic E-state index is 13.7. The van der Waals surface area contributed by atoms with Crippen molar-refractivity contribution in [3.8, 4) is 17.2 Å². The van der Waals surface area contributed by atoms with Crippen molar-refractivity contribution in [1.29, 1.82) is 0 Å². The predicted octanol–water partition coefficient (Wildman–Crippen LogP) is 3.31. The first-order chi connectivity index (χ1) is 16.9. The summed E-state index contributed by atoms with van der Waals surface area (Å²) in [6.07, 6.45) is -0.335. The molecule has 0 saturated carbocycles. The smallest absolute Gasteiger partial charge is 0.244 e. The van der Waals surface area contributed by atoms with Crippen LogP contribution in [-0.2, 0) is 19.4 Å². The van der Waals surface area contributed by atoms with Gasteiger partial charge < -0.3 is 24.4 Å². The second kappa shape index (κ2) is 8.95. The van der Waals surface area contributed by atoms with E-state index in [2.05, 4.69) is 5.32 Å². The van der Waals surface area contributed by atoms with Gasteiger partial charge in [0.2, 0.25) is 18.6 Å². The van der Waals surface area contributed by atoms with Crippen molar-refractivity contribution < 1.29 is 32.2 Å². The van der Waals surface area contributed by atoms with Gasteiger partial charge in [0.25, 0.3) is 0 Å². The van der Waals surface area contributed by atoms with E-state index in [0.29, 0.717) is 28.5 Å². The minimum atomic E-state index is -3.97. The Labute approximate surface area is 202 Å². The van der Waals surface area contributed by atoms with Crippen molar-refractivity contribution in [3.05, 3.63) is 72.3 Å². The molecule has 10 heteroatoms. The lowest BCUT2D eigenvalue weighted by Crippen LogP contribution is -2.38. The van der Waals surface area contributed by atoms with E-state index in [0.717, 1.165) is 0 Å². The second-order valence-corrected chi connectivity index (χ2v) is 10.1. The Hall–Kier alpha value is -4.05. The van der Waals surface area contributed by atoms with Crippen LogP contribution in [-0.4, -0.2) is 40.7 Å². The lowest BCUT2D eigenvalue weighted by molar-refractivity contribution is -0.121. The van der Waals surface area contributed by atoms with Crippen LogP contribution >= 0.6 is 0 Å². The van der Waals surface area contributed by atoms with Crippen molar-refractivity contribution in [3.63, 3.8) is 0 Å². The fourth-order valence-corrected chi connectivity index (χ4v) is 6.16. The van der Waals surface area contributed by atoms with Crippen molar-refractivity contribution in [2.24, 2.45) is 0 Å². The minimum Gasteiger partial charge on any atom is -0.495 e. The number of sulfone groups is 1. The highest BCUT2D eigenvalue weighted by Crippen LogP contribution is 2.43. The summed E-state index contributed by atoms with van der Waals surface area (Å²) in [6.45, 7) is -0.315. The molecule has 0 saturated heterocycles. The molecular formula is C25H22N2O7S. The van der Waals surface area contributed by atoms with Crippen LogP contribution in [0, 0.1) is 0 Å². The Morgan fingerprint density at radius 3 is 2.63 bits per heavy atom. The largest absolute Gasteiger partial charge is 0.495 e. The summed E-state index contributed by atoms with van der Waals surface area (Å²) < 4.78 is 43.4. The Morgan fingerprint density at radius 1 is 1.06 bits per heavy atom. The minimum absolute atomic E-state index is 0.0152. The number of rotatable bonds is 5. The molecule has 3 aromatic rings. The van der Waals surface area contributed by atoms with Crippen LogP contribution in [0.25, 0.3) is 0 Å². The van der Waals surface area contributed by atoms with Crippen LogP contribution in [0.1, 0.15) is 17.2 Å². The van der Waals surface area contributed by atoms with E-state index in [-0.39, 0.29) is 30.3 Å². The average molecular weight is 495 g/mol. The molecule has 0 bridgehead atoms. The number of benzene rings is 3. The number of nitrogens with zero attached hydrogens (tertiary/aromatic N) is 1. The van der Waals surface area contributed by atoms with Gasteiger partial charge in [0.15, 0.2) is 21.3 Å². The lowest BCUT2D eigenvalue weighted by Gasteiger charge is -2.22. The monoisotopic (exact) mass is 494 g/mol. The Morgan fingerprint density at radius 2 is 1.80 bits per heavy atom. The number of carbonyl (C=O) groups is 2. The van der Waals surface area contributed by atoms with Crippen LogP contribution in [0.5, 0.6) is 17.2 Å². The Kier molecular flexibility index (Phi) is 5.81. The number of methoxy groups -OCH3 is 1. The van der Waals surface area contributed by atoms with Gasteiger partial charge in [-0.25, -0.2) is 8.42 Å². The van der Waals surface area contributed by atoms with Crippen molar-refractivity contribution in [2.75, 3.05) is 30.7 Å². The molecular weight excluding hydrogens is 472 g/mol. The van der Waals surface area contributed by atoms with Gasteiger partial charge >= 0.3 is 0 Å². The van der Waals surface area contributed by atoms with Gasteiger partial charge in [0, 0.05) is 6.42 Å². The van der Waals surface area contributed by atoms with Crippen LogP contribution in [0.2, 0.25) is 0 Å². The van der Waals surface area contributed by atoms with E-state index < -0.39 is 26.9 Å². The Bertz CT molecular complexity index is 1420. The van der Waals surface area contributed by atoms with Gasteiger partial charge in [-0.1, -0.05) is 30.3 Å². The predicted molar refractivity (Wildman–Crippen MR) is 128 cm³/mol. The zero-order valence-electron chi connectivity index (χ0n) is 18.8. The molecule has 2 amide bonds. The topological polar surface area (TPSA) is 111 Å². The lowest BCUT2D eigenvalue weighted by atomic mass is 10.1. The molecule has 2 heterocycles. The van der Waals surface area contributed by atoms with Crippen LogP contribution < -0.4 is 24.4 Å². The molecule has 2 aliphatic heterocycles. The molecule has 2 aliphatic rings. The zero-order chi connectivity index (χ0) is 24.6. The number of para-hydroxylation sites is 3.